The summed E-state index contributed by atoms with van der Waals surface area (Å²) in [6, 6.07) is 12.0. The van der Waals surface area contributed by atoms with Crippen LogP contribution in [0.5, 0.6) is 11.5 Å². The Hall–Kier alpha value is -3.68. The summed E-state index contributed by atoms with van der Waals surface area (Å²) < 4.78 is 36.7. The van der Waals surface area contributed by atoms with E-state index in [-0.39, 0.29) is 18.1 Å². The predicted molar refractivity (Wildman–Crippen MR) is 105 cm³/mol. The maximum Gasteiger partial charge on any atom is 0.270 e. The molecule has 0 spiro atoms. The fourth-order valence-electron chi connectivity index (χ4n) is 2.61. The lowest BCUT2D eigenvalue weighted by Crippen LogP contribution is -2.23. The summed E-state index contributed by atoms with van der Waals surface area (Å²) in [6.07, 6.45) is 1.44. The molecule has 2 aromatic carbocycles. The third-order valence-corrected chi connectivity index (χ3v) is 4.11. The number of pyridine rings is 1. The Bertz CT molecular complexity index is 1010. The number of benzene rings is 2. The van der Waals surface area contributed by atoms with Crippen LogP contribution in [-0.4, -0.2) is 25.1 Å². The molecule has 0 radical (unpaired) electrons. The van der Waals surface area contributed by atoms with E-state index in [9.17, 15) is 13.6 Å². The van der Waals surface area contributed by atoms with Gasteiger partial charge in [0.25, 0.3) is 5.91 Å². The molecule has 29 heavy (non-hydrogen) atoms. The maximum atomic E-state index is 13.3. The first-order chi connectivity index (χ1) is 14.0. The third kappa shape index (κ3) is 4.98. The van der Waals surface area contributed by atoms with Gasteiger partial charge in [0.2, 0.25) is 0 Å². The van der Waals surface area contributed by atoms with Gasteiger partial charge in [-0.15, -0.1) is 0 Å². The number of hydrogen-bond acceptors (Lipinski definition) is 5. The molecule has 8 heteroatoms. The molecule has 6 nitrogen and oxygen atoms in total. The smallest absolute Gasteiger partial charge is 0.270 e. The quantitative estimate of drug-likeness (QED) is 0.627. The lowest BCUT2D eigenvalue weighted by Gasteiger charge is -2.10. The van der Waals surface area contributed by atoms with Gasteiger partial charge in [-0.25, -0.2) is 13.8 Å². The zero-order valence-electron chi connectivity index (χ0n) is 15.8. The number of carbonyl (C=O) groups is 1. The Kier molecular flexibility index (Phi) is 6.23. The van der Waals surface area contributed by atoms with Gasteiger partial charge in [0.1, 0.15) is 5.69 Å². The van der Waals surface area contributed by atoms with Gasteiger partial charge in [-0.3, -0.25) is 4.79 Å². The van der Waals surface area contributed by atoms with Crippen molar-refractivity contribution in [3.63, 3.8) is 0 Å². The van der Waals surface area contributed by atoms with Gasteiger partial charge in [0.15, 0.2) is 23.1 Å². The van der Waals surface area contributed by atoms with Crippen molar-refractivity contribution in [2.24, 2.45) is 0 Å². The molecule has 0 saturated heterocycles. The largest absolute Gasteiger partial charge is 0.493 e. The van der Waals surface area contributed by atoms with Crippen molar-refractivity contribution in [3.05, 3.63) is 77.6 Å². The van der Waals surface area contributed by atoms with E-state index in [1.165, 1.54) is 18.3 Å². The fraction of sp³-hybridized carbons (Fsp3) is 0.143. The number of rotatable bonds is 7. The average Bonchev–Trinajstić information content (AvgIpc) is 2.75. The second kappa shape index (κ2) is 9.01. The second-order valence-corrected chi connectivity index (χ2v) is 6.06. The number of methoxy groups -OCH3 is 2. The van der Waals surface area contributed by atoms with Gasteiger partial charge in [-0.05, 0) is 42.0 Å². The highest BCUT2D eigenvalue weighted by Gasteiger charge is 2.09. The number of ether oxygens (including phenoxy) is 2. The van der Waals surface area contributed by atoms with Gasteiger partial charge in [-0.2, -0.15) is 0 Å². The molecule has 3 aromatic rings. The van der Waals surface area contributed by atoms with Crippen molar-refractivity contribution in [2.45, 2.75) is 6.54 Å². The van der Waals surface area contributed by atoms with Gasteiger partial charge >= 0.3 is 0 Å². The van der Waals surface area contributed by atoms with Crippen LogP contribution < -0.4 is 20.1 Å². The number of aromatic nitrogens is 1. The molecule has 0 atom stereocenters. The normalized spacial score (nSPS) is 10.3. The van der Waals surface area contributed by atoms with Gasteiger partial charge in [0.05, 0.1) is 26.1 Å². The Morgan fingerprint density at radius 1 is 0.931 bits per heavy atom. The first kappa shape index (κ1) is 20.1. The number of nitrogens with one attached hydrogen (secondary N) is 2. The molecule has 0 saturated carbocycles. The van der Waals surface area contributed by atoms with E-state index in [0.29, 0.717) is 22.9 Å². The van der Waals surface area contributed by atoms with E-state index < -0.39 is 11.6 Å². The number of carbonyl (C=O) groups excluding carboxylic acids is 1. The first-order valence-corrected chi connectivity index (χ1v) is 8.67. The number of hydrogen-bond donors (Lipinski definition) is 2. The number of nitrogens with zero attached hydrogens (tertiary/aromatic N) is 1. The number of anilines is 2. The summed E-state index contributed by atoms with van der Waals surface area (Å²) in [7, 11) is 3.09. The minimum absolute atomic E-state index is 0.223. The summed E-state index contributed by atoms with van der Waals surface area (Å²) >= 11 is 0. The Morgan fingerprint density at radius 2 is 1.69 bits per heavy atom. The second-order valence-electron chi connectivity index (χ2n) is 6.06. The van der Waals surface area contributed by atoms with E-state index in [2.05, 4.69) is 15.6 Å². The highest BCUT2D eigenvalue weighted by Crippen LogP contribution is 2.27. The van der Waals surface area contributed by atoms with Gasteiger partial charge in [-0.1, -0.05) is 6.07 Å². The fourth-order valence-corrected chi connectivity index (χ4v) is 2.61. The van der Waals surface area contributed by atoms with Crippen molar-refractivity contribution in [1.29, 1.82) is 0 Å². The molecule has 0 aliphatic carbocycles. The predicted octanol–water partition coefficient (Wildman–Crippen LogP) is 4.05. The third-order valence-electron chi connectivity index (χ3n) is 4.11. The average molecular weight is 399 g/mol. The van der Waals surface area contributed by atoms with E-state index in [1.54, 1.807) is 32.4 Å². The molecular formula is C21H19F2N3O3. The van der Waals surface area contributed by atoms with Crippen LogP contribution in [-0.2, 0) is 6.54 Å². The zero-order chi connectivity index (χ0) is 20.8. The van der Waals surface area contributed by atoms with Crippen molar-refractivity contribution in [2.75, 3.05) is 19.5 Å². The Balaban J connectivity index is 1.61. The summed E-state index contributed by atoms with van der Waals surface area (Å²) in [5, 5.41) is 5.67. The highest BCUT2D eigenvalue weighted by atomic mass is 19.2. The van der Waals surface area contributed by atoms with E-state index >= 15 is 0 Å². The molecule has 2 N–H and O–H groups in total. The van der Waals surface area contributed by atoms with Crippen LogP contribution in [0.4, 0.5) is 20.2 Å². The van der Waals surface area contributed by atoms with Crippen LogP contribution in [0.1, 0.15) is 16.1 Å². The Morgan fingerprint density at radius 3 is 2.34 bits per heavy atom. The molecule has 0 aliphatic rings. The van der Waals surface area contributed by atoms with Crippen LogP contribution in [0, 0.1) is 11.6 Å². The topological polar surface area (TPSA) is 72.5 Å². The summed E-state index contributed by atoms with van der Waals surface area (Å²) in [6.45, 7) is 0.287. The van der Waals surface area contributed by atoms with Crippen molar-refractivity contribution in [3.8, 4) is 11.5 Å². The van der Waals surface area contributed by atoms with Crippen molar-refractivity contribution in [1.82, 2.24) is 10.3 Å². The monoisotopic (exact) mass is 399 g/mol. The van der Waals surface area contributed by atoms with Crippen molar-refractivity contribution < 1.29 is 23.0 Å². The minimum Gasteiger partial charge on any atom is -0.493 e. The Labute approximate surface area is 166 Å². The molecular weight excluding hydrogens is 380 g/mol. The molecule has 0 bridgehead atoms. The van der Waals surface area contributed by atoms with E-state index in [4.69, 9.17) is 9.47 Å². The van der Waals surface area contributed by atoms with Crippen LogP contribution in [0.3, 0.4) is 0 Å². The molecule has 1 aromatic heterocycles. The van der Waals surface area contributed by atoms with Crippen LogP contribution in [0.2, 0.25) is 0 Å². The van der Waals surface area contributed by atoms with Crippen LogP contribution in [0.15, 0.2) is 54.7 Å². The standard InChI is InChI=1S/C21H19F2N3O3/c1-28-19-8-3-13(9-20(19)29-2)11-25-21(27)18-7-5-15(12-24-18)26-14-4-6-16(22)17(23)10-14/h3-10,12,26H,11H2,1-2H3,(H,25,27). The van der Waals surface area contributed by atoms with Gasteiger partial charge < -0.3 is 20.1 Å². The molecule has 1 heterocycles. The first-order valence-electron chi connectivity index (χ1n) is 8.67. The lowest BCUT2D eigenvalue weighted by molar-refractivity contribution is 0.0946. The molecule has 0 aliphatic heterocycles. The number of amides is 1. The zero-order valence-corrected chi connectivity index (χ0v) is 15.8. The van der Waals surface area contributed by atoms with Crippen LogP contribution >= 0.6 is 0 Å². The number of halogens is 2. The SMILES string of the molecule is COc1ccc(CNC(=O)c2ccc(Nc3ccc(F)c(F)c3)cn2)cc1OC. The summed E-state index contributed by atoms with van der Waals surface area (Å²) in [4.78, 5) is 16.4. The molecule has 1 amide bonds. The summed E-state index contributed by atoms with van der Waals surface area (Å²) in [5.41, 5.74) is 1.97. The summed E-state index contributed by atoms with van der Waals surface area (Å²) in [5.74, 6) is -1.04. The lowest BCUT2D eigenvalue weighted by atomic mass is 10.2. The minimum atomic E-state index is -0.950. The van der Waals surface area contributed by atoms with Gasteiger partial charge in [0, 0.05) is 18.3 Å². The molecule has 150 valence electrons. The molecule has 0 unspecified atom stereocenters. The van der Waals surface area contributed by atoms with Crippen LogP contribution in [0.25, 0.3) is 0 Å². The van der Waals surface area contributed by atoms with E-state index in [0.717, 1.165) is 17.7 Å². The van der Waals surface area contributed by atoms with E-state index in [1.807, 2.05) is 6.07 Å². The highest BCUT2D eigenvalue weighted by molar-refractivity contribution is 5.92. The molecule has 0 fully saturated rings. The van der Waals surface area contributed by atoms with Crippen molar-refractivity contribution >= 4 is 17.3 Å². The molecule has 3 rings (SSSR count). The maximum absolute atomic E-state index is 13.3.